The van der Waals surface area contributed by atoms with E-state index in [2.05, 4.69) is 0 Å². The SMILES string of the molecule is CC(C(=O)c1ccn2cccc(F)c12)N(C)C(=O)C(F)(F)F. The second-order valence-corrected chi connectivity index (χ2v) is 4.80. The molecule has 2 aromatic heterocycles. The first-order valence-corrected chi connectivity index (χ1v) is 6.28. The summed E-state index contributed by atoms with van der Waals surface area (Å²) < 4.78 is 52.4. The molecule has 1 atom stereocenters. The third-order valence-electron chi connectivity index (χ3n) is 3.42. The molecular weight excluding hydrogens is 304 g/mol. The molecule has 0 saturated heterocycles. The summed E-state index contributed by atoms with van der Waals surface area (Å²) in [6.07, 6.45) is -2.15. The van der Waals surface area contributed by atoms with E-state index in [4.69, 9.17) is 0 Å². The van der Waals surface area contributed by atoms with Crippen molar-refractivity contribution >= 4 is 17.2 Å². The van der Waals surface area contributed by atoms with Crippen LogP contribution in [-0.2, 0) is 4.79 Å². The number of alkyl halides is 3. The van der Waals surface area contributed by atoms with Gasteiger partial charge in [-0.15, -0.1) is 0 Å². The van der Waals surface area contributed by atoms with E-state index < -0.39 is 29.7 Å². The highest BCUT2D eigenvalue weighted by atomic mass is 19.4. The highest BCUT2D eigenvalue weighted by Gasteiger charge is 2.43. The molecule has 2 heterocycles. The number of fused-ring (bicyclic) bond motifs is 1. The Morgan fingerprint density at radius 3 is 2.45 bits per heavy atom. The normalized spacial score (nSPS) is 13.2. The predicted octanol–water partition coefficient (Wildman–Crippen LogP) is 2.67. The highest BCUT2D eigenvalue weighted by Crippen LogP contribution is 2.22. The number of amides is 1. The molecule has 0 saturated carbocycles. The fourth-order valence-electron chi connectivity index (χ4n) is 2.10. The van der Waals surface area contributed by atoms with E-state index in [1.54, 1.807) is 0 Å². The van der Waals surface area contributed by atoms with Crippen LogP contribution in [0.2, 0.25) is 0 Å². The molecule has 0 aromatic carbocycles. The first-order valence-electron chi connectivity index (χ1n) is 6.28. The van der Waals surface area contributed by atoms with Gasteiger partial charge in [-0.1, -0.05) is 0 Å². The van der Waals surface area contributed by atoms with Crippen molar-refractivity contribution in [1.82, 2.24) is 9.30 Å². The number of rotatable bonds is 3. The lowest BCUT2D eigenvalue weighted by molar-refractivity contribution is -0.185. The summed E-state index contributed by atoms with van der Waals surface area (Å²) in [5, 5.41) is 0. The number of carbonyl (C=O) groups is 2. The van der Waals surface area contributed by atoms with Crippen molar-refractivity contribution in [2.75, 3.05) is 7.05 Å². The Bertz CT molecular complexity index is 736. The quantitative estimate of drug-likeness (QED) is 0.645. The lowest BCUT2D eigenvalue weighted by Crippen LogP contribution is -2.46. The molecule has 2 rings (SSSR count). The number of carbonyl (C=O) groups excluding carboxylic acids is 2. The summed E-state index contributed by atoms with van der Waals surface area (Å²) in [7, 11) is 0.882. The first kappa shape index (κ1) is 16.0. The first-order chi connectivity index (χ1) is 10.1. The number of hydrogen-bond donors (Lipinski definition) is 0. The minimum atomic E-state index is -5.07. The van der Waals surface area contributed by atoms with Gasteiger partial charge in [-0.05, 0) is 25.1 Å². The van der Waals surface area contributed by atoms with Crippen LogP contribution >= 0.6 is 0 Å². The number of nitrogens with zero attached hydrogens (tertiary/aromatic N) is 2. The Labute approximate surface area is 122 Å². The number of aromatic nitrogens is 1. The van der Waals surface area contributed by atoms with E-state index in [1.165, 1.54) is 28.9 Å². The Morgan fingerprint density at radius 2 is 1.86 bits per heavy atom. The van der Waals surface area contributed by atoms with Gasteiger partial charge in [-0.3, -0.25) is 9.59 Å². The molecule has 0 aliphatic heterocycles. The summed E-state index contributed by atoms with van der Waals surface area (Å²) in [4.78, 5) is 23.8. The van der Waals surface area contributed by atoms with Gasteiger partial charge in [0, 0.05) is 25.0 Å². The molecular formula is C14H12F4N2O2. The van der Waals surface area contributed by atoms with Crippen molar-refractivity contribution in [3.8, 4) is 0 Å². The molecule has 0 spiro atoms. The summed E-state index contributed by atoms with van der Waals surface area (Å²) in [5.74, 6) is -3.57. The number of hydrogen-bond acceptors (Lipinski definition) is 2. The minimum Gasteiger partial charge on any atom is -0.328 e. The van der Waals surface area contributed by atoms with Crippen LogP contribution in [-0.4, -0.2) is 40.3 Å². The minimum absolute atomic E-state index is 0.0350. The van der Waals surface area contributed by atoms with Gasteiger partial charge in [0.1, 0.15) is 5.82 Å². The molecule has 0 N–H and O–H groups in total. The lowest BCUT2D eigenvalue weighted by atomic mass is 10.1. The molecule has 0 fully saturated rings. The monoisotopic (exact) mass is 316 g/mol. The molecule has 118 valence electrons. The molecule has 0 radical (unpaired) electrons. The molecule has 2 aromatic rings. The predicted molar refractivity (Wildman–Crippen MR) is 70.0 cm³/mol. The van der Waals surface area contributed by atoms with Gasteiger partial charge < -0.3 is 9.30 Å². The van der Waals surface area contributed by atoms with Crippen LogP contribution in [0.25, 0.3) is 5.52 Å². The summed E-state index contributed by atoms with van der Waals surface area (Å²) in [5.41, 5.74) is -0.111. The van der Waals surface area contributed by atoms with Crippen LogP contribution in [0, 0.1) is 5.82 Å². The van der Waals surface area contributed by atoms with Crippen molar-refractivity contribution in [1.29, 1.82) is 0 Å². The average Bonchev–Trinajstić information content (AvgIpc) is 2.88. The fourth-order valence-corrected chi connectivity index (χ4v) is 2.10. The van der Waals surface area contributed by atoms with Crippen molar-refractivity contribution < 1.29 is 27.2 Å². The smallest absolute Gasteiger partial charge is 0.328 e. The number of pyridine rings is 1. The van der Waals surface area contributed by atoms with E-state index in [1.807, 2.05) is 0 Å². The van der Waals surface area contributed by atoms with E-state index in [-0.39, 0.29) is 11.1 Å². The molecule has 1 amide bonds. The van der Waals surface area contributed by atoms with Gasteiger partial charge in [0.15, 0.2) is 5.78 Å². The Balaban J connectivity index is 2.36. The van der Waals surface area contributed by atoms with Crippen LogP contribution in [0.15, 0.2) is 30.6 Å². The zero-order valence-electron chi connectivity index (χ0n) is 11.7. The zero-order valence-corrected chi connectivity index (χ0v) is 11.7. The summed E-state index contributed by atoms with van der Waals surface area (Å²) >= 11 is 0. The maximum Gasteiger partial charge on any atom is 0.471 e. The third-order valence-corrected chi connectivity index (χ3v) is 3.42. The van der Waals surface area contributed by atoms with Crippen molar-refractivity contribution in [2.45, 2.75) is 19.1 Å². The number of ketones is 1. The van der Waals surface area contributed by atoms with E-state index in [9.17, 15) is 27.2 Å². The zero-order chi connectivity index (χ0) is 16.7. The molecule has 0 bridgehead atoms. The number of likely N-dealkylation sites (N-methyl/N-ethyl adjacent to an activating group) is 1. The topological polar surface area (TPSA) is 41.8 Å². The number of halogens is 4. The van der Waals surface area contributed by atoms with Gasteiger partial charge >= 0.3 is 12.1 Å². The molecule has 0 aliphatic rings. The molecule has 8 heteroatoms. The second-order valence-electron chi connectivity index (χ2n) is 4.80. The molecule has 22 heavy (non-hydrogen) atoms. The summed E-state index contributed by atoms with van der Waals surface area (Å²) in [6.45, 7) is 1.16. The second kappa shape index (κ2) is 5.43. The highest BCUT2D eigenvalue weighted by molar-refractivity contribution is 6.07. The van der Waals surface area contributed by atoms with Gasteiger partial charge in [0.25, 0.3) is 0 Å². The lowest BCUT2D eigenvalue weighted by Gasteiger charge is -2.24. The third kappa shape index (κ3) is 2.68. The van der Waals surface area contributed by atoms with Gasteiger partial charge in [-0.25, -0.2) is 4.39 Å². The van der Waals surface area contributed by atoms with Gasteiger partial charge in [-0.2, -0.15) is 13.2 Å². The van der Waals surface area contributed by atoms with Crippen LogP contribution in [0.3, 0.4) is 0 Å². The van der Waals surface area contributed by atoms with Gasteiger partial charge in [0.2, 0.25) is 0 Å². The average molecular weight is 316 g/mol. The standard InChI is InChI=1S/C14H12F4N2O2/c1-8(19(2)13(22)14(16,17)18)12(21)9-5-7-20-6-3-4-10(15)11(9)20/h3-8H,1-2H3. The van der Waals surface area contributed by atoms with Crippen LogP contribution in [0.1, 0.15) is 17.3 Å². The van der Waals surface area contributed by atoms with Crippen molar-refractivity contribution in [3.63, 3.8) is 0 Å². The Kier molecular flexibility index (Phi) is 3.95. The van der Waals surface area contributed by atoms with E-state index >= 15 is 0 Å². The molecule has 0 aliphatic carbocycles. The summed E-state index contributed by atoms with van der Waals surface area (Å²) in [6, 6.07) is 2.50. The Morgan fingerprint density at radius 1 is 1.23 bits per heavy atom. The van der Waals surface area contributed by atoms with Crippen molar-refractivity contribution in [3.05, 3.63) is 42.0 Å². The maximum absolute atomic E-state index is 13.8. The maximum atomic E-state index is 13.8. The molecule has 4 nitrogen and oxygen atoms in total. The Hall–Kier alpha value is -2.38. The van der Waals surface area contributed by atoms with Crippen LogP contribution in [0.5, 0.6) is 0 Å². The van der Waals surface area contributed by atoms with E-state index in [0.29, 0.717) is 4.90 Å². The largest absolute Gasteiger partial charge is 0.471 e. The number of Topliss-reactive ketones (excluding diaryl/α,β-unsaturated/α-hetero) is 1. The van der Waals surface area contributed by atoms with Crippen LogP contribution < -0.4 is 0 Å². The van der Waals surface area contributed by atoms with Crippen LogP contribution in [0.4, 0.5) is 17.6 Å². The van der Waals surface area contributed by atoms with E-state index in [0.717, 1.165) is 20.0 Å². The molecule has 1 unspecified atom stereocenters. The fraction of sp³-hybridized carbons (Fsp3) is 0.286. The van der Waals surface area contributed by atoms with Crippen molar-refractivity contribution in [2.24, 2.45) is 0 Å². The van der Waals surface area contributed by atoms with Gasteiger partial charge in [0.05, 0.1) is 11.6 Å².